The van der Waals surface area contributed by atoms with Crippen molar-refractivity contribution in [1.29, 1.82) is 0 Å². The van der Waals surface area contributed by atoms with Crippen molar-refractivity contribution in [3.05, 3.63) is 63.8 Å². The maximum atomic E-state index is 12.5. The second-order valence-electron chi connectivity index (χ2n) is 5.14. The minimum atomic E-state index is -0.553. The van der Waals surface area contributed by atoms with Gasteiger partial charge >= 0.3 is 5.97 Å². The Hall–Kier alpha value is -2.30. The molecule has 0 bridgehead atoms. The van der Waals surface area contributed by atoms with Crippen molar-refractivity contribution in [3.63, 3.8) is 0 Å². The average molecular weight is 362 g/mol. The van der Waals surface area contributed by atoms with Gasteiger partial charge in [-0.3, -0.25) is 0 Å². The molecule has 0 saturated carbocycles. The first-order valence-corrected chi connectivity index (χ1v) is 7.87. The second-order valence-corrected chi connectivity index (χ2v) is 5.95. The summed E-state index contributed by atoms with van der Waals surface area (Å²) in [4.78, 5) is 16.9. The molecule has 2 aromatic carbocycles. The van der Waals surface area contributed by atoms with Crippen LogP contribution in [-0.4, -0.2) is 18.1 Å². The molecule has 4 nitrogen and oxygen atoms in total. The SMILES string of the molecule is COc1cccc(C(=O)Oc2c(Cl)cc(Cl)c3ccc(C)nc23)c1. The van der Waals surface area contributed by atoms with E-state index in [0.29, 0.717) is 27.2 Å². The third-order valence-electron chi connectivity index (χ3n) is 3.48. The van der Waals surface area contributed by atoms with E-state index in [-0.39, 0.29) is 10.8 Å². The number of halogens is 2. The molecule has 0 radical (unpaired) electrons. The number of rotatable bonds is 3. The zero-order valence-electron chi connectivity index (χ0n) is 13.0. The fraction of sp³-hybridized carbons (Fsp3) is 0.111. The van der Waals surface area contributed by atoms with Crippen LogP contribution in [0.4, 0.5) is 0 Å². The summed E-state index contributed by atoms with van der Waals surface area (Å²) in [5, 5.41) is 1.34. The second kappa shape index (κ2) is 6.67. The van der Waals surface area contributed by atoms with Crippen LogP contribution in [-0.2, 0) is 0 Å². The van der Waals surface area contributed by atoms with Gasteiger partial charge in [-0.05, 0) is 43.3 Å². The summed E-state index contributed by atoms with van der Waals surface area (Å²) in [6, 6.07) is 11.9. The molecule has 0 saturated heterocycles. The van der Waals surface area contributed by atoms with Crippen LogP contribution in [0.3, 0.4) is 0 Å². The molecule has 3 rings (SSSR count). The van der Waals surface area contributed by atoms with Gasteiger partial charge in [0.25, 0.3) is 0 Å². The summed E-state index contributed by atoms with van der Waals surface area (Å²) >= 11 is 12.4. The van der Waals surface area contributed by atoms with Crippen molar-refractivity contribution >= 4 is 40.1 Å². The van der Waals surface area contributed by atoms with Crippen molar-refractivity contribution < 1.29 is 14.3 Å². The highest BCUT2D eigenvalue weighted by Crippen LogP contribution is 2.37. The fourth-order valence-electron chi connectivity index (χ4n) is 2.29. The number of aromatic nitrogens is 1. The highest BCUT2D eigenvalue weighted by molar-refractivity contribution is 6.39. The van der Waals surface area contributed by atoms with Gasteiger partial charge in [0.2, 0.25) is 0 Å². The molecule has 122 valence electrons. The van der Waals surface area contributed by atoms with Gasteiger partial charge in [-0.1, -0.05) is 29.3 Å². The van der Waals surface area contributed by atoms with Gasteiger partial charge in [0.15, 0.2) is 5.75 Å². The van der Waals surface area contributed by atoms with Crippen LogP contribution >= 0.6 is 23.2 Å². The Morgan fingerprint density at radius 1 is 1.08 bits per heavy atom. The molecule has 0 aliphatic heterocycles. The Labute approximate surface area is 148 Å². The van der Waals surface area contributed by atoms with Crippen molar-refractivity contribution in [2.24, 2.45) is 0 Å². The highest BCUT2D eigenvalue weighted by Gasteiger charge is 2.18. The van der Waals surface area contributed by atoms with Crippen molar-refractivity contribution in [3.8, 4) is 11.5 Å². The van der Waals surface area contributed by atoms with E-state index >= 15 is 0 Å². The molecule has 0 spiro atoms. The number of pyridine rings is 1. The first-order chi connectivity index (χ1) is 11.5. The molecule has 0 atom stereocenters. The maximum absolute atomic E-state index is 12.5. The quantitative estimate of drug-likeness (QED) is 0.482. The number of methoxy groups -OCH3 is 1. The Morgan fingerprint density at radius 3 is 2.62 bits per heavy atom. The van der Waals surface area contributed by atoms with Crippen LogP contribution in [0.15, 0.2) is 42.5 Å². The molecule has 0 unspecified atom stereocenters. The average Bonchev–Trinajstić information content (AvgIpc) is 2.58. The Kier molecular flexibility index (Phi) is 4.60. The minimum absolute atomic E-state index is 0.188. The number of fused-ring (bicyclic) bond motifs is 1. The van der Waals surface area contributed by atoms with Gasteiger partial charge in [0.05, 0.1) is 22.7 Å². The zero-order valence-corrected chi connectivity index (χ0v) is 14.5. The number of benzene rings is 2. The van der Waals surface area contributed by atoms with Gasteiger partial charge in [-0.15, -0.1) is 0 Å². The van der Waals surface area contributed by atoms with Crippen LogP contribution < -0.4 is 9.47 Å². The van der Waals surface area contributed by atoms with Crippen molar-refractivity contribution in [2.45, 2.75) is 6.92 Å². The molecule has 24 heavy (non-hydrogen) atoms. The molecule has 0 fully saturated rings. The molecule has 6 heteroatoms. The number of nitrogens with zero attached hydrogens (tertiary/aromatic N) is 1. The van der Waals surface area contributed by atoms with Crippen LogP contribution in [0, 0.1) is 6.92 Å². The third kappa shape index (κ3) is 3.16. The van der Waals surface area contributed by atoms with Gasteiger partial charge in [-0.2, -0.15) is 0 Å². The van der Waals surface area contributed by atoms with E-state index in [9.17, 15) is 4.79 Å². The topological polar surface area (TPSA) is 48.4 Å². The maximum Gasteiger partial charge on any atom is 0.343 e. The van der Waals surface area contributed by atoms with E-state index in [1.54, 1.807) is 24.3 Å². The summed E-state index contributed by atoms with van der Waals surface area (Å²) in [6.45, 7) is 1.84. The monoisotopic (exact) mass is 361 g/mol. The summed E-state index contributed by atoms with van der Waals surface area (Å²) in [6.07, 6.45) is 0. The molecular weight excluding hydrogens is 349 g/mol. The molecule has 0 aliphatic carbocycles. The van der Waals surface area contributed by atoms with E-state index in [4.69, 9.17) is 32.7 Å². The lowest BCUT2D eigenvalue weighted by atomic mass is 10.2. The van der Waals surface area contributed by atoms with Gasteiger partial charge in [0, 0.05) is 11.1 Å². The van der Waals surface area contributed by atoms with Gasteiger partial charge < -0.3 is 9.47 Å². The van der Waals surface area contributed by atoms with E-state index in [0.717, 1.165) is 5.69 Å². The van der Waals surface area contributed by atoms with Crippen LogP contribution in [0.25, 0.3) is 10.9 Å². The molecule has 1 heterocycles. The first kappa shape index (κ1) is 16.6. The van der Waals surface area contributed by atoms with Gasteiger partial charge in [0.1, 0.15) is 11.3 Å². The standard InChI is InChI=1S/C18H13Cl2NO3/c1-10-6-7-13-14(19)9-15(20)17(16(13)21-10)24-18(22)11-4-3-5-12(8-11)23-2/h3-9H,1-2H3. The van der Waals surface area contributed by atoms with E-state index in [1.165, 1.54) is 13.2 Å². The number of carbonyl (C=O) groups excluding carboxylic acids is 1. The van der Waals surface area contributed by atoms with Crippen LogP contribution in [0.1, 0.15) is 16.1 Å². The predicted molar refractivity (Wildman–Crippen MR) is 94.5 cm³/mol. The van der Waals surface area contributed by atoms with Gasteiger partial charge in [-0.25, -0.2) is 9.78 Å². The van der Waals surface area contributed by atoms with Crippen LogP contribution in [0.2, 0.25) is 10.0 Å². The summed E-state index contributed by atoms with van der Waals surface area (Å²) in [7, 11) is 1.53. The van der Waals surface area contributed by atoms with E-state index < -0.39 is 5.97 Å². The number of esters is 1. The predicted octanol–water partition coefficient (Wildman–Crippen LogP) is 5.08. The largest absolute Gasteiger partial charge is 0.497 e. The lowest BCUT2D eigenvalue weighted by molar-refractivity contribution is 0.0736. The highest BCUT2D eigenvalue weighted by atomic mass is 35.5. The minimum Gasteiger partial charge on any atom is -0.497 e. The van der Waals surface area contributed by atoms with Crippen molar-refractivity contribution in [1.82, 2.24) is 4.98 Å². The summed E-state index contributed by atoms with van der Waals surface area (Å²) < 4.78 is 10.6. The number of carbonyl (C=O) groups is 1. The van der Waals surface area contributed by atoms with E-state index in [1.807, 2.05) is 19.1 Å². The number of hydrogen-bond acceptors (Lipinski definition) is 4. The normalized spacial score (nSPS) is 10.7. The Bertz CT molecular complexity index is 941. The molecule has 0 aliphatic rings. The Morgan fingerprint density at radius 2 is 1.88 bits per heavy atom. The summed E-state index contributed by atoms with van der Waals surface area (Å²) in [5.74, 6) is 0.195. The fourth-order valence-corrected chi connectivity index (χ4v) is 2.84. The lowest BCUT2D eigenvalue weighted by Gasteiger charge is -2.11. The molecule has 3 aromatic rings. The Balaban J connectivity index is 2.06. The number of aryl methyl sites for hydroxylation is 1. The number of hydrogen-bond donors (Lipinski definition) is 0. The molecule has 0 amide bonds. The van der Waals surface area contributed by atoms with Crippen molar-refractivity contribution in [2.75, 3.05) is 7.11 Å². The lowest BCUT2D eigenvalue weighted by Crippen LogP contribution is -2.09. The molecular formula is C18H13Cl2NO3. The van der Waals surface area contributed by atoms with E-state index in [2.05, 4.69) is 4.98 Å². The summed E-state index contributed by atoms with van der Waals surface area (Å²) in [5.41, 5.74) is 1.56. The van der Waals surface area contributed by atoms with Crippen LogP contribution in [0.5, 0.6) is 11.5 Å². The number of ether oxygens (including phenoxy) is 2. The molecule has 1 aromatic heterocycles. The first-order valence-electron chi connectivity index (χ1n) is 7.11. The molecule has 0 N–H and O–H groups in total. The third-order valence-corrected chi connectivity index (χ3v) is 4.07. The zero-order chi connectivity index (χ0) is 17.3. The smallest absolute Gasteiger partial charge is 0.343 e.